The van der Waals surface area contributed by atoms with E-state index < -0.39 is 34.1 Å². The van der Waals surface area contributed by atoms with Crippen LogP contribution in [0.4, 0.5) is 18.9 Å². The van der Waals surface area contributed by atoms with Crippen LogP contribution < -0.4 is 14.8 Å². The summed E-state index contributed by atoms with van der Waals surface area (Å²) in [5.41, 5.74) is 0.0360. The Balaban J connectivity index is 2.03. The van der Waals surface area contributed by atoms with Crippen molar-refractivity contribution in [2.45, 2.75) is 23.5 Å². The lowest BCUT2D eigenvalue weighted by atomic mass is 10.2. The zero-order valence-corrected chi connectivity index (χ0v) is 14.3. The Morgan fingerprint density at radius 3 is 2.56 bits per heavy atom. The van der Waals surface area contributed by atoms with Crippen LogP contribution in [0.2, 0.25) is 0 Å². The number of anilines is 1. The minimum atomic E-state index is -4.85. The van der Waals surface area contributed by atoms with Crippen LogP contribution in [0.15, 0.2) is 46.0 Å². The molecule has 2 N–H and O–H groups in total. The Morgan fingerprint density at radius 2 is 1.96 bits per heavy atom. The molecule has 0 aliphatic rings. The Hall–Kier alpha value is -2.11. The standard InChI is InChI=1S/C14H13F3N2O4S2/c1-9(19-25(21,22)12-6-3-7-24-12)13(20)18-10-4-2-5-11(8-10)23-14(15,16)17/h2-9,19H,1H3,(H,18,20). The summed E-state index contributed by atoms with van der Waals surface area (Å²) in [4.78, 5) is 12.1. The number of alkyl halides is 3. The molecule has 1 aromatic heterocycles. The Kier molecular flexibility index (Phi) is 5.70. The molecule has 0 saturated carbocycles. The number of carbonyl (C=O) groups is 1. The molecule has 0 radical (unpaired) electrons. The highest BCUT2D eigenvalue weighted by Crippen LogP contribution is 2.25. The third kappa shape index (κ3) is 5.73. The minimum absolute atomic E-state index is 0.0360. The lowest BCUT2D eigenvalue weighted by Gasteiger charge is -2.15. The third-order valence-electron chi connectivity index (χ3n) is 2.82. The lowest BCUT2D eigenvalue weighted by molar-refractivity contribution is -0.274. The number of carbonyl (C=O) groups excluding carboxylic acids is 1. The number of hydrogen-bond acceptors (Lipinski definition) is 5. The van der Waals surface area contributed by atoms with Gasteiger partial charge in [-0.2, -0.15) is 4.72 Å². The monoisotopic (exact) mass is 394 g/mol. The van der Waals surface area contributed by atoms with E-state index in [1.807, 2.05) is 0 Å². The smallest absolute Gasteiger partial charge is 0.406 e. The number of sulfonamides is 1. The highest BCUT2D eigenvalue weighted by Gasteiger charge is 2.31. The molecule has 0 bridgehead atoms. The number of nitrogens with one attached hydrogen (secondary N) is 2. The average molecular weight is 394 g/mol. The van der Waals surface area contributed by atoms with Gasteiger partial charge in [0.1, 0.15) is 9.96 Å². The molecular formula is C14H13F3N2O4S2. The van der Waals surface area contributed by atoms with Crippen molar-refractivity contribution in [2.75, 3.05) is 5.32 Å². The van der Waals surface area contributed by atoms with Crippen molar-refractivity contribution in [2.24, 2.45) is 0 Å². The van der Waals surface area contributed by atoms with Gasteiger partial charge >= 0.3 is 6.36 Å². The van der Waals surface area contributed by atoms with E-state index in [0.717, 1.165) is 23.5 Å². The summed E-state index contributed by atoms with van der Waals surface area (Å²) in [6.45, 7) is 1.32. The van der Waals surface area contributed by atoms with Crippen molar-refractivity contribution in [3.8, 4) is 5.75 Å². The molecule has 6 nitrogen and oxygen atoms in total. The van der Waals surface area contributed by atoms with E-state index in [1.54, 1.807) is 11.4 Å². The van der Waals surface area contributed by atoms with Crippen molar-refractivity contribution in [3.63, 3.8) is 0 Å². The third-order valence-corrected chi connectivity index (χ3v) is 5.76. The van der Waals surface area contributed by atoms with Crippen LogP contribution >= 0.6 is 11.3 Å². The van der Waals surface area contributed by atoms with Crippen molar-refractivity contribution in [1.82, 2.24) is 4.72 Å². The number of thiophene rings is 1. The second-order valence-electron chi connectivity index (χ2n) is 4.84. The molecule has 0 saturated heterocycles. The van der Waals surface area contributed by atoms with Gasteiger partial charge < -0.3 is 10.1 Å². The van der Waals surface area contributed by atoms with Gasteiger partial charge in [-0.3, -0.25) is 4.79 Å². The van der Waals surface area contributed by atoms with E-state index in [1.165, 1.54) is 25.1 Å². The van der Waals surface area contributed by atoms with Crippen LogP contribution in [0.25, 0.3) is 0 Å². The topological polar surface area (TPSA) is 84.5 Å². The van der Waals surface area contributed by atoms with E-state index in [2.05, 4.69) is 14.8 Å². The molecule has 25 heavy (non-hydrogen) atoms. The molecule has 1 unspecified atom stereocenters. The molecule has 0 fully saturated rings. The average Bonchev–Trinajstić information content (AvgIpc) is 3.00. The molecule has 0 aliphatic carbocycles. The predicted molar refractivity (Wildman–Crippen MR) is 85.9 cm³/mol. The summed E-state index contributed by atoms with van der Waals surface area (Å²) in [7, 11) is -3.85. The number of rotatable bonds is 6. The van der Waals surface area contributed by atoms with Crippen LogP contribution in [-0.4, -0.2) is 26.7 Å². The molecule has 136 valence electrons. The number of amides is 1. The van der Waals surface area contributed by atoms with E-state index in [4.69, 9.17) is 0 Å². The molecule has 1 heterocycles. The van der Waals surface area contributed by atoms with Gasteiger partial charge in [-0.15, -0.1) is 24.5 Å². The van der Waals surface area contributed by atoms with Crippen molar-refractivity contribution in [3.05, 3.63) is 41.8 Å². The summed E-state index contributed by atoms with van der Waals surface area (Å²) in [6, 6.07) is 6.46. The molecule has 0 aliphatic heterocycles. The zero-order valence-electron chi connectivity index (χ0n) is 12.7. The first-order valence-electron chi connectivity index (χ1n) is 6.79. The van der Waals surface area contributed by atoms with E-state index in [-0.39, 0.29) is 9.90 Å². The summed E-state index contributed by atoms with van der Waals surface area (Å²) < 4.78 is 66.7. The van der Waals surface area contributed by atoms with Crippen LogP contribution in [0.1, 0.15) is 6.92 Å². The Labute approximate surface area is 145 Å². The fourth-order valence-electron chi connectivity index (χ4n) is 1.78. The molecule has 1 amide bonds. The van der Waals surface area contributed by atoms with Gasteiger partial charge in [0.15, 0.2) is 0 Å². The summed E-state index contributed by atoms with van der Waals surface area (Å²) in [6.07, 6.45) is -4.85. The molecule has 2 rings (SSSR count). The Bertz CT molecular complexity index is 836. The van der Waals surface area contributed by atoms with Gasteiger partial charge in [-0.1, -0.05) is 12.1 Å². The first kappa shape index (κ1) is 19.2. The number of ether oxygens (including phenoxy) is 1. The maximum Gasteiger partial charge on any atom is 0.573 e. The number of hydrogen-bond donors (Lipinski definition) is 2. The van der Waals surface area contributed by atoms with E-state index in [9.17, 15) is 26.4 Å². The minimum Gasteiger partial charge on any atom is -0.406 e. The van der Waals surface area contributed by atoms with Gasteiger partial charge in [0.05, 0.1) is 6.04 Å². The van der Waals surface area contributed by atoms with Crippen molar-refractivity contribution >= 4 is 33.0 Å². The van der Waals surface area contributed by atoms with E-state index >= 15 is 0 Å². The second-order valence-corrected chi connectivity index (χ2v) is 7.73. The fourth-order valence-corrected chi connectivity index (χ4v) is 3.99. The van der Waals surface area contributed by atoms with E-state index in [0.29, 0.717) is 0 Å². The molecule has 1 aromatic carbocycles. The number of benzene rings is 1. The summed E-state index contributed by atoms with van der Waals surface area (Å²) in [5, 5.41) is 3.90. The first-order chi connectivity index (χ1) is 11.6. The summed E-state index contributed by atoms with van der Waals surface area (Å²) >= 11 is 0.990. The van der Waals surface area contributed by atoms with Crippen LogP contribution in [0.5, 0.6) is 5.75 Å². The normalized spacial score (nSPS) is 13.3. The molecule has 11 heteroatoms. The lowest BCUT2D eigenvalue weighted by Crippen LogP contribution is -2.41. The fraction of sp³-hybridized carbons (Fsp3) is 0.214. The highest BCUT2D eigenvalue weighted by atomic mass is 32.2. The maximum absolute atomic E-state index is 12.2. The van der Waals surface area contributed by atoms with Crippen molar-refractivity contribution in [1.29, 1.82) is 0 Å². The predicted octanol–water partition coefficient (Wildman–Crippen LogP) is 2.95. The quantitative estimate of drug-likeness (QED) is 0.789. The SMILES string of the molecule is CC(NS(=O)(=O)c1cccs1)C(=O)Nc1cccc(OC(F)(F)F)c1. The first-order valence-corrected chi connectivity index (χ1v) is 9.15. The maximum atomic E-state index is 12.2. The highest BCUT2D eigenvalue weighted by molar-refractivity contribution is 7.91. The second kappa shape index (κ2) is 7.42. The van der Waals surface area contributed by atoms with Gasteiger partial charge in [0.2, 0.25) is 5.91 Å². The van der Waals surface area contributed by atoms with Crippen molar-refractivity contribution < 1.29 is 31.1 Å². The van der Waals surface area contributed by atoms with Gasteiger partial charge in [0.25, 0.3) is 10.0 Å². The van der Waals surface area contributed by atoms with Crippen LogP contribution in [-0.2, 0) is 14.8 Å². The van der Waals surface area contributed by atoms with Gasteiger partial charge in [-0.05, 0) is 30.5 Å². The van der Waals surface area contributed by atoms with Crippen LogP contribution in [0.3, 0.4) is 0 Å². The number of halogens is 3. The van der Waals surface area contributed by atoms with Gasteiger partial charge in [-0.25, -0.2) is 8.42 Å². The molecule has 2 aromatic rings. The van der Waals surface area contributed by atoms with Gasteiger partial charge in [0, 0.05) is 11.8 Å². The Morgan fingerprint density at radius 1 is 1.24 bits per heavy atom. The molecule has 0 spiro atoms. The van der Waals surface area contributed by atoms with Crippen LogP contribution in [0, 0.1) is 0 Å². The molecular weight excluding hydrogens is 381 g/mol. The summed E-state index contributed by atoms with van der Waals surface area (Å²) in [5.74, 6) is -1.23. The largest absolute Gasteiger partial charge is 0.573 e. The molecule has 1 atom stereocenters. The zero-order chi connectivity index (χ0) is 18.7.